The number of hydrogen-bond donors (Lipinski definition) is 1. The van der Waals surface area contributed by atoms with Crippen molar-refractivity contribution in [2.45, 2.75) is 13.0 Å². The van der Waals surface area contributed by atoms with Crippen LogP contribution < -0.4 is 5.32 Å². The molecule has 2 rings (SSSR count). The van der Waals surface area contributed by atoms with Crippen LogP contribution in [0.25, 0.3) is 0 Å². The quantitative estimate of drug-likeness (QED) is 0.653. The molecular weight excluding hydrogens is 298 g/mol. The van der Waals surface area contributed by atoms with Crippen LogP contribution in [-0.4, -0.2) is 36.4 Å². The minimum atomic E-state index is -0.489. The van der Waals surface area contributed by atoms with Gasteiger partial charge >= 0.3 is 0 Å². The Morgan fingerprint density at radius 3 is 2.65 bits per heavy atom. The minimum absolute atomic E-state index is 0.0622. The molecule has 0 unspecified atom stereocenters. The van der Waals surface area contributed by atoms with Crippen molar-refractivity contribution >= 4 is 11.6 Å². The Kier molecular flexibility index (Phi) is 5.13. The van der Waals surface area contributed by atoms with Crippen molar-refractivity contribution in [2.24, 2.45) is 0 Å². The van der Waals surface area contributed by atoms with Gasteiger partial charge in [-0.2, -0.15) is 0 Å². The maximum atomic E-state index is 12.4. The minimum Gasteiger partial charge on any atom is -0.468 e. The molecule has 0 aliphatic heterocycles. The van der Waals surface area contributed by atoms with E-state index in [1.807, 2.05) is 25.1 Å². The van der Waals surface area contributed by atoms with Crippen LogP contribution in [0.2, 0.25) is 0 Å². The molecule has 0 radical (unpaired) electrons. The molecule has 1 N–H and O–H groups in total. The lowest BCUT2D eigenvalue weighted by Gasteiger charge is -2.22. The summed E-state index contributed by atoms with van der Waals surface area (Å²) in [6, 6.07) is 7.99. The van der Waals surface area contributed by atoms with Gasteiger partial charge in [0, 0.05) is 23.7 Å². The zero-order valence-corrected chi connectivity index (χ0v) is 13.3. The summed E-state index contributed by atoms with van der Waals surface area (Å²) in [6.07, 6.45) is 1.58. The maximum Gasteiger partial charge on any atom is 0.273 e. The van der Waals surface area contributed by atoms with Gasteiger partial charge in [0.25, 0.3) is 11.6 Å². The van der Waals surface area contributed by atoms with Gasteiger partial charge in [0.05, 0.1) is 17.2 Å². The summed E-state index contributed by atoms with van der Waals surface area (Å²) in [4.78, 5) is 24.8. The highest BCUT2D eigenvalue weighted by Gasteiger charge is 2.21. The first kappa shape index (κ1) is 16.7. The number of nitro groups is 1. The third-order valence-electron chi connectivity index (χ3n) is 3.70. The summed E-state index contributed by atoms with van der Waals surface area (Å²) in [7, 11) is 3.77. The van der Waals surface area contributed by atoms with Gasteiger partial charge in [-0.05, 0) is 39.2 Å². The highest BCUT2D eigenvalue weighted by Crippen LogP contribution is 2.22. The van der Waals surface area contributed by atoms with Gasteiger partial charge in [0.2, 0.25) is 0 Å². The van der Waals surface area contributed by atoms with Crippen LogP contribution in [0.15, 0.2) is 41.0 Å². The van der Waals surface area contributed by atoms with Crippen molar-refractivity contribution in [1.29, 1.82) is 0 Å². The number of nitro benzene ring substituents is 1. The van der Waals surface area contributed by atoms with E-state index in [1.165, 1.54) is 12.1 Å². The highest BCUT2D eigenvalue weighted by atomic mass is 16.6. The third kappa shape index (κ3) is 3.75. The largest absolute Gasteiger partial charge is 0.468 e. The number of likely N-dealkylation sites (N-methyl/N-ethyl adjacent to an activating group) is 1. The van der Waals surface area contributed by atoms with E-state index in [4.69, 9.17) is 4.42 Å². The third-order valence-corrected chi connectivity index (χ3v) is 3.70. The number of amides is 1. The van der Waals surface area contributed by atoms with Crippen molar-refractivity contribution in [2.75, 3.05) is 20.6 Å². The highest BCUT2D eigenvalue weighted by molar-refractivity contribution is 5.96. The molecule has 1 amide bonds. The number of furan rings is 1. The van der Waals surface area contributed by atoms with Crippen LogP contribution in [0.5, 0.6) is 0 Å². The summed E-state index contributed by atoms with van der Waals surface area (Å²) in [5.41, 5.74) is 0.596. The number of carbonyl (C=O) groups is 1. The zero-order valence-electron chi connectivity index (χ0n) is 13.3. The smallest absolute Gasteiger partial charge is 0.273 e. The Morgan fingerprint density at radius 2 is 2.09 bits per heavy atom. The van der Waals surface area contributed by atoms with Gasteiger partial charge in [-0.25, -0.2) is 0 Å². The monoisotopic (exact) mass is 317 g/mol. The predicted octanol–water partition coefficient (Wildman–Crippen LogP) is 2.53. The van der Waals surface area contributed by atoms with E-state index in [9.17, 15) is 14.9 Å². The Bertz CT molecular complexity index is 695. The number of carbonyl (C=O) groups excluding carboxylic acids is 1. The molecule has 7 heteroatoms. The molecule has 0 bridgehead atoms. The zero-order chi connectivity index (χ0) is 17.0. The summed E-state index contributed by atoms with van der Waals surface area (Å²) in [5, 5.41) is 13.8. The lowest BCUT2D eigenvalue weighted by atomic mass is 10.1. The van der Waals surface area contributed by atoms with Gasteiger partial charge in [0.1, 0.15) is 5.76 Å². The first-order valence-electron chi connectivity index (χ1n) is 7.14. The summed E-state index contributed by atoms with van der Waals surface area (Å²) >= 11 is 0. The molecule has 0 aliphatic carbocycles. The molecule has 23 heavy (non-hydrogen) atoms. The van der Waals surface area contributed by atoms with E-state index in [0.29, 0.717) is 17.7 Å². The van der Waals surface area contributed by atoms with Crippen LogP contribution in [0.4, 0.5) is 5.69 Å². The Balaban J connectivity index is 2.13. The molecule has 0 saturated heterocycles. The van der Waals surface area contributed by atoms with E-state index in [0.717, 1.165) is 5.76 Å². The molecule has 0 fully saturated rings. The van der Waals surface area contributed by atoms with Crippen LogP contribution in [0, 0.1) is 17.0 Å². The molecule has 2 aromatic rings. The van der Waals surface area contributed by atoms with Crippen molar-refractivity contribution in [3.05, 3.63) is 63.6 Å². The first-order valence-corrected chi connectivity index (χ1v) is 7.14. The maximum absolute atomic E-state index is 12.4. The molecule has 1 aromatic heterocycles. The summed E-state index contributed by atoms with van der Waals surface area (Å²) in [6.45, 7) is 1.91. The number of benzene rings is 1. The molecule has 0 spiro atoms. The topological polar surface area (TPSA) is 88.6 Å². The normalized spacial score (nSPS) is 12.2. The van der Waals surface area contributed by atoms with Crippen LogP contribution >= 0.6 is 0 Å². The van der Waals surface area contributed by atoms with E-state index in [2.05, 4.69) is 5.32 Å². The van der Waals surface area contributed by atoms with E-state index >= 15 is 0 Å². The fourth-order valence-corrected chi connectivity index (χ4v) is 2.37. The average molecular weight is 317 g/mol. The number of rotatable bonds is 6. The van der Waals surface area contributed by atoms with Gasteiger partial charge in [-0.1, -0.05) is 6.07 Å². The molecular formula is C16H19N3O4. The van der Waals surface area contributed by atoms with Gasteiger partial charge in [0.15, 0.2) is 0 Å². The summed E-state index contributed by atoms with van der Waals surface area (Å²) in [5.74, 6) is 0.399. The molecule has 1 aromatic carbocycles. The van der Waals surface area contributed by atoms with Gasteiger partial charge in [-0.15, -0.1) is 0 Å². The van der Waals surface area contributed by atoms with Crippen LogP contribution in [0.3, 0.4) is 0 Å². The predicted molar refractivity (Wildman–Crippen MR) is 85.3 cm³/mol. The second-order valence-electron chi connectivity index (χ2n) is 5.41. The van der Waals surface area contributed by atoms with Crippen molar-refractivity contribution in [3.63, 3.8) is 0 Å². The number of nitrogens with one attached hydrogen (secondary N) is 1. The molecule has 122 valence electrons. The van der Waals surface area contributed by atoms with Crippen LogP contribution in [0.1, 0.15) is 27.7 Å². The average Bonchev–Trinajstić information content (AvgIpc) is 3.00. The fraction of sp³-hybridized carbons (Fsp3) is 0.312. The Labute approximate surface area is 134 Å². The van der Waals surface area contributed by atoms with Crippen molar-refractivity contribution in [1.82, 2.24) is 10.2 Å². The van der Waals surface area contributed by atoms with Gasteiger partial charge < -0.3 is 9.73 Å². The SMILES string of the molecule is Cc1c(C(=O)NC[C@H](c2ccco2)N(C)C)cccc1[N+](=O)[O-]. The standard InChI is InChI=1S/C16H19N3O4/c1-11-12(6-4-7-13(11)19(21)22)16(20)17-10-14(18(2)3)15-8-5-9-23-15/h4-9,14H,10H2,1-3H3,(H,17,20)/t14-/m1/s1. The second-order valence-corrected chi connectivity index (χ2v) is 5.41. The number of hydrogen-bond acceptors (Lipinski definition) is 5. The Morgan fingerprint density at radius 1 is 1.35 bits per heavy atom. The van der Waals surface area contributed by atoms with E-state index in [-0.39, 0.29) is 17.6 Å². The lowest BCUT2D eigenvalue weighted by Crippen LogP contribution is -2.34. The molecule has 7 nitrogen and oxygen atoms in total. The molecule has 1 heterocycles. The first-order chi connectivity index (χ1) is 10.9. The summed E-state index contributed by atoms with van der Waals surface area (Å²) < 4.78 is 5.39. The fourth-order valence-electron chi connectivity index (χ4n) is 2.37. The van der Waals surface area contributed by atoms with E-state index in [1.54, 1.807) is 25.3 Å². The molecule has 0 saturated carbocycles. The molecule has 1 atom stereocenters. The van der Waals surface area contributed by atoms with Crippen molar-refractivity contribution < 1.29 is 14.1 Å². The lowest BCUT2D eigenvalue weighted by molar-refractivity contribution is -0.385. The van der Waals surface area contributed by atoms with E-state index < -0.39 is 4.92 Å². The van der Waals surface area contributed by atoms with Gasteiger partial charge in [-0.3, -0.25) is 19.8 Å². The Hall–Kier alpha value is -2.67. The van der Waals surface area contributed by atoms with Crippen LogP contribution in [-0.2, 0) is 0 Å². The molecule has 0 aliphatic rings. The second kappa shape index (κ2) is 7.06. The number of nitrogens with zero attached hydrogens (tertiary/aromatic N) is 2. The van der Waals surface area contributed by atoms with Crippen molar-refractivity contribution in [3.8, 4) is 0 Å².